The normalized spacial score (nSPS) is 20.6. The van der Waals surface area contributed by atoms with E-state index in [2.05, 4.69) is 47.2 Å². The lowest BCUT2D eigenvalue weighted by Crippen LogP contribution is -2.58. The van der Waals surface area contributed by atoms with Crippen LogP contribution in [0.3, 0.4) is 0 Å². The molecule has 0 fully saturated rings. The molecule has 8 amide bonds. The molecule has 4 aromatic rings. The number of unbranched alkanes of at least 4 members (excludes halogenated alkanes) is 1. The fraction of sp³-hybridized carbons (Fsp3) is 0.431. The minimum absolute atomic E-state index is 0.0261. The molecule has 2 heterocycles. The van der Waals surface area contributed by atoms with Crippen LogP contribution in [-0.2, 0) is 64.2 Å². The van der Waals surface area contributed by atoms with E-state index in [4.69, 9.17) is 17.2 Å². The zero-order chi connectivity index (χ0) is 51.1. The highest BCUT2D eigenvalue weighted by Crippen LogP contribution is 2.20. The number of primary amides is 1. The number of benzene rings is 3. The van der Waals surface area contributed by atoms with Crippen LogP contribution in [0.15, 0.2) is 90.1 Å². The molecule has 1 aromatic heterocycles. The third kappa shape index (κ3) is 17.9. The van der Waals surface area contributed by atoms with Crippen molar-refractivity contribution >= 4 is 64.1 Å². The maximum Gasteiger partial charge on any atom is 0.243 e. The summed E-state index contributed by atoms with van der Waals surface area (Å²) in [7, 11) is 0. The van der Waals surface area contributed by atoms with Gasteiger partial charge in [-0.25, -0.2) is 0 Å². The van der Waals surface area contributed by atoms with Gasteiger partial charge >= 0.3 is 0 Å². The van der Waals surface area contributed by atoms with Crippen LogP contribution in [-0.4, -0.2) is 101 Å². The first-order valence-electron chi connectivity index (χ1n) is 24.2. The number of aromatic nitrogens is 1. The predicted molar refractivity (Wildman–Crippen MR) is 269 cm³/mol. The minimum atomic E-state index is -1.28. The molecule has 20 heteroatoms. The molecule has 0 saturated heterocycles. The van der Waals surface area contributed by atoms with Crippen LogP contribution in [0.5, 0.6) is 0 Å². The fourth-order valence-corrected chi connectivity index (χ4v) is 8.23. The lowest BCUT2D eigenvalue weighted by molar-refractivity contribution is -0.134. The summed E-state index contributed by atoms with van der Waals surface area (Å²) in [5, 5.41) is 20.3. The number of H-pyrrole nitrogens is 1. The van der Waals surface area contributed by atoms with Gasteiger partial charge in [0.1, 0.15) is 30.2 Å². The van der Waals surface area contributed by atoms with E-state index in [0.29, 0.717) is 30.4 Å². The molecule has 0 radical (unpaired) electrons. The van der Waals surface area contributed by atoms with Crippen LogP contribution in [0.25, 0.3) is 10.9 Å². The van der Waals surface area contributed by atoms with Gasteiger partial charge in [0, 0.05) is 62.4 Å². The number of carbonyl (C=O) groups is 8. The summed E-state index contributed by atoms with van der Waals surface area (Å²) in [5.74, 6) is -4.99. The van der Waals surface area contributed by atoms with Gasteiger partial charge in [-0.05, 0) is 73.3 Å². The zero-order valence-electron chi connectivity index (χ0n) is 40.2. The molecule has 0 bridgehead atoms. The SMILES string of the molecule is CCCCC(=O)NC1CC(=O)NCCCC[C@@H](C(N)=O)NC(=O)[C@H](Cc2c[nH]c3ccccc23)NC(=O)[C@H](CCCN=C(N)N)NC(=O)[C@@H](Cc2ccccc2)NC(=O)CCc2ccccc2CNC1=O. The fourth-order valence-electron chi connectivity index (χ4n) is 8.23. The number of carbonyl (C=O) groups excluding carboxylic acids is 8. The van der Waals surface area contributed by atoms with Gasteiger partial charge in [-0.2, -0.15) is 0 Å². The number of nitrogens with one attached hydrogen (secondary N) is 8. The molecule has 380 valence electrons. The number of nitrogens with two attached hydrogens (primary N) is 3. The Morgan fingerprint density at radius 1 is 0.690 bits per heavy atom. The van der Waals surface area contributed by atoms with Crippen molar-refractivity contribution in [3.8, 4) is 0 Å². The van der Waals surface area contributed by atoms with E-state index in [9.17, 15) is 38.4 Å². The van der Waals surface area contributed by atoms with E-state index in [-0.39, 0.29) is 89.3 Å². The topological polar surface area (TPSA) is 327 Å². The second kappa shape index (κ2) is 28.0. The molecular formula is C51H68N12O8. The summed E-state index contributed by atoms with van der Waals surface area (Å²) in [6.45, 7) is 2.24. The molecule has 0 aliphatic carbocycles. The van der Waals surface area contributed by atoms with Crippen LogP contribution in [0.1, 0.15) is 93.4 Å². The molecule has 5 rings (SSSR count). The Bertz CT molecular complexity index is 2490. The second-order valence-electron chi connectivity index (χ2n) is 17.7. The summed E-state index contributed by atoms with van der Waals surface area (Å²) in [6.07, 6.45) is 4.16. The summed E-state index contributed by atoms with van der Waals surface area (Å²) in [5.41, 5.74) is 20.6. The summed E-state index contributed by atoms with van der Waals surface area (Å²) < 4.78 is 0. The molecule has 20 nitrogen and oxygen atoms in total. The Morgan fingerprint density at radius 2 is 1.37 bits per heavy atom. The number of amides is 8. The predicted octanol–water partition coefficient (Wildman–Crippen LogP) is 1.05. The van der Waals surface area contributed by atoms with Crippen LogP contribution >= 0.6 is 0 Å². The number of aliphatic imine (C=N–C) groups is 1. The number of hydrogen-bond donors (Lipinski definition) is 11. The molecule has 0 spiro atoms. The lowest BCUT2D eigenvalue weighted by Gasteiger charge is -2.26. The van der Waals surface area contributed by atoms with Gasteiger partial charge in [0.25, 0.3) is 0 Å². The summed E-state index contributed by atoms with van der Waals surface area (Å²) in [6, 6.07) is 17.6. The molecule has 14 N–H and O–H groups in total. The molecule has 1 unspecified atom stereocenters. The van der Waals surface area contributed by atoms with Crippen molar-refractivity contribution in [1.29, 1.82) is 0 Å². The Balaban J connectivity index is 1.47. The van der Waals surface area contributed by atoms with Crippen molar-refractivity contribution in [1.82, 2.24) is 42.2 Å². The Hall–Kier alpha value is -7.77. The number of guanidine groups is 1. The second-order valence-corrected chi connectivity index (χ2v) is 17.7. The van der Waals surface area contributed by atoms with Crippen molar-refractivity contribution in [2.75, 3.05) is 13.1 Å². The first-order valence-corrected chi connectivity index (χ1v) is 24.2. The first kappa shape index (κ1) is 54.2. The van der Waals surface area contributed by atoms with Gasteiger partial charge in [0.05, 0.1) is 6.42 Å². The van der Waals surface area contributed by atoms with E-state index in [1.54, 1.807) is 36.5 Å². The lowest BCUT2D eigenvalue weighted by atomic mass is 10.0. The number of para-hydroxylation sites is 1. The van der Waals surface area contributed by atoms with Crippen molar-refractivity contribution < 1.29 is 38.4 Å². The van der Waals surface area contributed by atoms with Gasteiger partial charge in [-0.3, -0.25) is 43.3 Å². The molecule has 5 atom stereocenters. The van der Waals surface area contributed by atoms with Gasteiger partial charge < -0.3 is 59.4 Å². The highest BCUT2D eigenvalue weighted by Gasteiger charge is 2.32. The van der Waals surface area contributed by atoms with E-state index in [1.165, 1.54) is 0 Å². The third-order valence-corrected chi connectivity index (χ3v) is 12.1. The van der Waals surface area contributed by atoms with Crippen molar-refractivity contribution in [3.05, 3.63) is 107 Å². The standard InChI is InChI=1S/C51H68N12O8/c1-2-3-22-43(64)60-42-29-45(66)55-25-12-11-20-38(46(52)67)61-50(71)41(28-35-31-57-37-19-10-9-18-36(35)37)63-48(69)39(21-13-26-56-51(53)54)62-49(70)40(27-32-14-5-4-6-15-32)59-44(65)24-23-33-16-7-8-17-34(33)30-58-47(42)68/h4-10,14-19,31,38-42,57H,2-3,11-13,20-30H2,1H3,(H2,52,67)(H,55,66)(H,58,68)(H,59,65)(H,60,64)(H,61,71)(H,62,70)(H,63,69)(H4,53,54,56)/t38-,39-,40+,41-,42?/m0/s1. The Kier molecular flexibility index (Phi) is 21.4. The van der Waals surface area contributed by atoms with Crippen molar-refractivity contribution in [2.45, 2.75) is 127 Å². The van der Waals surface area contributed by atoms with Crippen LogP contribution in [0.4, 0.5) is 0 Å². The average molecular weight is 977 g/mol. The number of nitrogens with zero attached hydrogens (tertiary/aromatic N) is 1. The van der Waals surface area contributed by atoms with E-state index >= 15 is 0 Å². The van der Waals surface area contributed by atoms with Crippen molar-refractivity contribution in [2.24, 2.45) is 22.2 Å². The molecule has 3 aromatic carbocycles. The molecule has 1 aliphatic heterocycles. The largest absolute Gasteiger partial charge is 0.370 e. The molecule has 1 aliphatic rings. The van der Waals surface area contributed by atoms with Crippen molar-refractivity contribution in [3.63, 3.8) is 0 Å². The first-order chi connectivity index (χ1) is 34.2. The molecular weight excluding hydrogens is 909 g/mol. The average Bonchev–Trinajstić information content (AvgIpc) is 3.76. The summed E-state index contributed by atoms with van der Waals surface area (Å²) >= 11 is 0. The van der Waals surface area contributed by atoms with Gasteiger partial charge in [0.2, 0.25) is 47.3 Å². The number of aryl methyl sites for hydroxylation is 1. The number of fused-ring (bicyclic) bond motifs is 2. The third-order valence-electron chi connectivity index (χ3n) is 12.1. The maximum absolute atomic E-state index is 14.5. The number of rotatable bonds is 13. The maximum atomic E-state index is 14.5. The van der Waals surface area contributed by atoms with Crippen LogP contribution < -0.4 is 54.4 Å². The Morgan fingerprint density at radius 3 is 2.11 bits per heavy atom. The minimum Gasteiger partial charge on any atom is -0.370 e. The quantitative estimate of drug-likeness (QED) is 0.0514. The monoisotopic (exact) mass is 977 g/mol. The van der Waals surface area contributed by atoms with Gasteiger partial charge in [-0.15, -0.1) is 0 Å². The molecule has 0 saturated carbocycles. The highest BCUT2D eigenvalue weighted by molar-refractivity contribution is 5.96. The number of aromatic amines is 1. The summed E-state index contributed by atoms with van der Waals surface area (Å²) in [4.78, 5) is 117. The van der Waals surface area contributed by atoms with Crippen LogP contribution in [0, 0.1) is 0 Å². The van der Waals surface area contributed by atoms with E-state index in [0.717, 1.165) is 28.5 Å². The van der Waals surface area contributed by atoms with Gasteiger partial charge in [-0.1, -0.05) is 86.1 Å². The highest BCUT2D eigenvalue weighted by atomic mass is 16.2. The van der Waals surface area contributed by atoms with E-state index < -0.39 is 71.6 Å². The van der Waals surface area contributed by atoms with E-state index in [1.807, 2.05) is 55.5 Å². The van der Waals surface area contributed by atoms with Gasteiger partial charge in [0.15, 0.2) is 5.96 Å². The zero-order valence-corrected chi connectivity index (χ0v) is 40.2. The number of hydrogen-bond acceptors (Lipinski definition) is 9. The van der Waals surface area contributed by atoms with Crippen LogP contribution in [0.2, 0.25) is 0 Å². The smallest absolute Gasteiger partial charge is 0.243 e. The Labute approximate surface area is 413 Å². The molecule has 71 heavy (non-hydrogen) atoms.